The van der Waals surface area contributed by atoms with Crippen LogP contribution in [0.2, 0.25) is 0 Å². The second-order valence-electron chi connectivity index (χ2n) is 8.11. The first kappa shape index (κ1) is 17.3. The molecule has 2 aromatic rings. The Morgan fingerprint density at radius 3 is 2.86 bits per heavy atom. The lowest BCUT2D eigenvalue weighted by Crippen LogP contribution is -2.48. The standard InChI is InChI=1S/C21H26N6O/c1-15-5-4-11-26(13-15)19-8-7-17-20(24-19)27(16-9-12-25(17)14-16)21(28)23-18-6-2-3-10-22-18/h2-3,6-8,10,15-16H,4-5,9,11-14H2,1H3,(H,22,23,28)/t15?,16-/m0/s1. The Morgan fingerprint density at radius 2 is 2.04 bits per heavy atom. The molecule has 0 saturated carbocycles. The minimum atomic E-state index is -0.150. The third-order valence-corrected chi connectivity index (χ3v) is 6.04. The van der Waals surface area contributed by atoms with Crippen molar-refractivity contribution >= 4 is 29.2 Å². The Balaban J connectivity index is 1.47. The normalized spacial score (nSPS) is 23.5. The molecule has 2 amide bonds. The third kappa shape index (κ3) is 3.04. The number of pyridine rings is 2. The lowest BCUT2D eigenvalue weighted by molar-refractivity contribution is 0.254. The number of aromatic nitrogens is 2. The summed E-state index contributed by atoms with van der Waals surface area (Å²) in [6.45, 7) is 6.18. The highest BCUT2D eigenvalue weighted by atomic mass is 16.2. The number of anilines is 4. The molecule has 2 saturated heterocycles. The van der Waals surface area contributed by atoms with Crippen LogP contribution in [0, 0.1) is 5.92 Å². The zero-order valence-corrected chi connectivity index (χ0v) is 16.2. The van der Waals surface area contributed by atoms with Gasteiger partial charge in [0.2, 0.25) is 0 Å². The highest BCUT2D eigenvalue weighted by Gasteiger charge is 2.40. The minimum Gasteiger partial charge on any atom is -0.366 e. The summed E-state index contributed by atoms with van der Waals surface area (Å²) in [7, 11) is 0. The summed E-state index contributed by atoms with van der Waals surface area (Å²) in [5.41, 5.74) is 1.05. The summed E-state index contributed by atoms with van der Waals surface area (Å²) >= 11 is 0. The molecule has 28 heavy (non-hydrogen) atoms. The summed E-state index contributed by atoms with van der Waals surface area (Å²) in [5, 5.41) is 2.95. The zero-order valence-electron chi connectivity index (χ0n) is 16.2. The quantitative estimate of drug-likeness (QED) is 0.868. The van der Waals surface area contributed by atoms with Crippen LogP contribution in [0.4, 0.5) is 27.9 Å². The van der Waals surface area contributed by atoms with Crippen LogP contribution in [0.3, 0.4) is 0 Å². The topological polar surface area (TPSA) is 64.6 Å². The number of urea groups is 1. The van der Waals surface area contributed by atoms with Crippen LogP contribution in [0.25, 0.3) is 0 Å². The van der Waals surface area contributed by atoms with Crippen LogP contribution in [0.15, 0.2) is 36.5 Å². The molecule has 5 heterocycles. The van der Waals surface area contributed by atoms with E-state index in [1.807, 2.05) is 23.1 Å². The van der Waals surface area contributed by atoms with Gasteiger partial charge in [0.1, 0.15) is 11.6 Å². The minimum absolute atomic E-state index is 0.150. The smallest absolute Gasteiger partial charge is 0.329 e. The van der Waals surface area contributed by atoms with Gasteiger partial charge < -0.3 is 9.80 Å². The van der Waals surface area contributed by atoms with E-state index in [9.17, 15) is 4.79 Å². The molecular weight excluding hydrogens is 352 g/mol. The second-order valence-corrected chi connectivity index (χ2v) is 8.11. The van der Waals surface area contributed by atoms with Crippen LogP contribution in [0.5, 0.6) is 0 Å². The summed E-state index contributed by atoms with van der Waals surface area (Å²) in [6, 6.07) is 9.78. The molecule has 0 radical (unpaired) electrons. The Kier molecular flexibility index (Phi) is 4.30. The Bertz CT molecular complexity index is 872. The van der Waals surface area contributed by atoms with E-state index in [-0.39, 0.29) is 12.1 Å². The van der Waals surface area contributed by atoms with E-state index in [0.29, 0.717) is 11.7 Å². The number of nitrogens with zero attached hydrogens (tertiary/aromatic N) is 5. The molecule has 5 rings (SSSR count). The molecule has 146 valence electrons. The molecule has 3 aliphatic rings. The van der Waals surface area contributed by atoms with Gasteiger partial charge in [0, 0.05) is 32.4 Å². The maximum Gasteiger partial charge on any atom is 0.329 e. The molecule has 2 bridgehead atoms. The molecule has 1 N–H and O–H groups in total. The van der Waals surface area contributed by atoms with Crippen LogP contribution in [0.1, 0.15) is 26.2 Å². The maximum absolute atomic E-state index is 13.2. The Hall–Kier alpha value is -2.83. The molecule has 0 spiro atoms. The van der Waals surface area contributed by atoms with Crippen molar-refractivity contribution in [2.45, 2.75) is 32.2 Å². The van der Waals surface area contributed by atoms with E-state index < -0.39 is 0 Å². The van der Waals surface area contributed by atoms with Crippen molar-refractivity contribution in [3.05, 3.63) is 36.5 Å². The molecule has 7 nitrogen and oxygen atoms in total. The molecule has 0 aliphatic carbocycles. The third-order valence-electron chi connectivity index (χ3n) is 6.04. The highest BCUT2D eigenvalue weighted by Crippen LogP contribution is 2.40. The number of hydrogen-bond acceptors (Lipinski definition) is 5. The van der Waals surface area contributed by atoms with Crippen molar-refractivity contribution in [2.24, 2.45) is 5.92 Å². The van der Waals surface area contributed by atoms with Crippen LogP contribution < -0.4 is 20.0 Å². The van der Waals surface area contributed by atoms with Gasteiger partial charge in [-0.05, 0) is 49.4 Å². The number of amides is 2. The van der Waals surface area contributed by atoms with Gasteiger partial charge in [-0.3, -0.25) is 10.2 Å². The molecule has 2 atom stereocenters. The molecule has 1 unspecified atom stereocenters. The second kappa shape index (κ2) is 6.96. The van der Waals surface area contributed by atoms with Crippen LogP contribution in [-0.2, 0) is 0 Å². The van der Waals surface area contributed by atoms with Crippen molar-refractivity contribution in [3.63, 3.8) is 0 Å². The number of carbonyl (C=O) groups is 1. The van der Waals surface area contributed by atoms with Crippen molar-refractivity contribution in [2.75, 3.05) is 46.2 Å². The monoisotopic (exact) mass is 378 g/mol. The van der Waals surface area contributed by atoms with E-state index in [4.69, 9.17) is 4.98 Å². The zero-order chi connectivity index (χ0) is 19.1. The Labute approximate surface area is 165 Å². The highest BCUT2D eigenvalue weighted by molar-refractivity contribution is 6.04. The molecule has 3 aliphatic heterocycles. The molecule has 2 fully saturated rings. The number of nitrogens with one attached hydrogen (secondary N) is 1. The van der Waals surface area contributed by atoms with Crippen LogP contribution in [-0.4, -0.2) is 48.2 Å². The number of carbonyl (C=O) groups excluding carboxylic acids is 1. The number of hydrogen-bond donors (Lipinski definition) is 1. The van der Waals surface area contributed by atoms with Gasteiger partial charge in [0.15, 0.2) is 5.82 Å². The largest absolute Gasteiger partial charge is 0.366 e. The fraction of sp³-hybridized carbons (Fsp3) is 0.476. The maximum atomic E-state index is 13.2. The van der Waals surface area contributed by atoms with E-state index >= 15 is 0 Å². The number of rotatable bonds is 2. The fourth-order valence-corrected chi connectivity index (χ4v) is 4.64. The summed E-state index contributed by atoms with van der Waals surface area (Å²) in [4.78, 5) is 28.9. The summed E-state index contributed by atoms with van der Waals surface area (Å²) < 4.78 is 0. The van der Waals surface area contributed by atoms with Gasteiger partial charge in [0.05, 0.1) is 11.7 Å². The van der Waals surface area contributed by atoms with Gasteiger partial charge in [0.25, 0.3) is 0 Å². The number of piperidine rings is 1. The SMILES string of the molecule is CC1CCCN(c2ccc3c(n2)N(C(=O)Nc2ccccn2)[C@H]2CCN3C2)C1. The van der Waals surface area contributed by atoms with Crippen molar-refractivity contribution in [1.82, 2.24) is 9.97 Å². The predicted molar refractivity (Wildman–Crippen MR) is 111 cm³/mol. The van der Waals surface area contributed by atoms with Gasteiger partial charge >= 0.3 is 6.03 Å². The van der Waals surface area contributed by atoms with Crippen molar-refractivity contribution in [3.8, 4) is 0 Å². The molecule has 7 heteroatoms. The fourth-order valence-electron chi connectivity index (χ4n) is 4.64. The first-order valence-electron chi connectivity index (χ1n) is 10.2. The summed E-state index contributed by atoms with van der Waals surface area (Å²) in [6.07, 6.45) is 5.11. The molecule has 0 aromatic carbocycles. The van der Waals surface area contributed by atoms with Gasteiger partial charge in [-0.2, -0.15) is 0 Å². The van der Waals surface area contributed by atoms with Crippen LogP contribution >= 0.6 is 0 Å². The first-order chi connectivity index (χ1) is 13.7. The van der Waals surface area contributed by atoms with Gasteiger partial charge in [-0.15, -0.1) is 0 Å². The lowest BCUT2D eigenvalue weighted by atomic mass is 10.0. The average Bonchev–Trinajstić information content (AvgIpc) is 3.13. The first-order valence-corrected chi connectivity index (χ1v) is 10.2. The molecular formula is C21H26N6O. The lowest BCUT2D eigenvalue weighted by Gasteiger charge is -2.37. The summed E-state index contributed by atoms with van der Waals surface area (Å²) in [5.74, 6) is 2.99. The van der Waals surface area contributed by atoms with E-state index in [2.05, 4.69) is 39.2 Å². The Morgan fingerprint density at radius 1 is 1.11 bits per heavy atom. The van der Waals surface area contributed by atoms with E-state index in [0.717, 1.165) is 49.9 Å². The van der Waals surface area contributed by atoms with E-state index in [1.165, 1.54) is 12.8 Å². The van der Waals surface area contributed by atoms with Gasteiger partial charge in [-0.1, -0.05) is 13.0 Å². The molecule has 2 aromatic heterocycles. The van der Waals surface area contributed by atoms with E-state index in [1.54, 1.807) is 6.20 Å². The van der Waals surface area contributed by atoms with Gasteiger partial charge in [-0.25, -0.2) is 14.8 Å². The average molecular weight is 378 g/mol. The number of fused-ring (bicyclic) bond motifs is 4. The predicted octanol–water partition coefficient (Wildman–Crippen LogP) is 3.34. The van der Waals surface area contributed by atoms with Crippen molar-refractivity contribution < 1.29 is 4.79 Å². The van der Waals surface area contributed by atoms with Crippen molar-refractivity contribution in [1.29, 1.82) is 0 Å².